The number of rotatable bonds is 5. The van der Waals surface area contributed by atoms with E-state index in [1.165, 1.54) is 6.26 Å². The second-order valence-electron chi connectivity index (χ2n) is 7.19. The molecule has 7 nitrogen and oxygen atoms in total. The number of anilines is 1. The number of nitrogens with zero attached hydrogens (tertiary/aromatic N) is 3. The van der Waals surface area contributed by atoms with Crippen molar-refractivity contribution in [2.75, 3.05) is 11.6 Å². The molecule has 0 amide bonds. The van der Waals surface area contributed by atoms with Crippen LogP contribution in [0.4, 0.5) is 5.69 Å². The van der Waals surface area contributed by atoms with E-state index >= 15 is 0 Å². The first-order chi connectivity index (χ1) is 13.8. The van der Waals surface area contributed by atoms with Crippen molar-refractivity contribution in [1.82, 2.24) is 20.2 Å². The second-order valence-corrected chi connectivity index (χ2v) is 9.20. The fourth-order valence-electron chi connectivity index (χ4n) is 3.18. The van der Waals surface area contributed by atoms with Gasteiger partial charge in [0.25, 0.3) is 0 Å². The summed E-state index contributed by atoms with van der Waals surface area (Å²) in [4.78, 5) is 7.69. The van der Waals surface area contributed by atoms with Gasteiger partial charge < -0.3 is 10.3 Å². The maximum absolute atomic E-state index is 11.7. The normalized spacial score (nSPS) is 11.9. The van der Waals surface area contributed by atoms with Crippen molar-refractivity contribution in [3.8, 4) is 22.6 Å². The van der Waals surface area contributed by atoms with Crippen LogP contribution in [0, 0.1) is 0 Å². The lowest BCUT2D eigenvalue weighted by Gasteiger charge is -2.15. The molecule has 0 bridgehead atoms. The van der Waals surface area contributed by atoms with E-state index in [0.717, 1.165) is 27.7 Å². The average molecular weight is 407 g/mol. The summed E-state index contributed by atoms with van der Waals surface area (Å²) in [6, 6.07) is 13.0. The van der Waals surface area contributed by atoms with E-state index in [0.29, 0.717) is 16.4 Å². The van der Waals surface area contributed by atoms with Crippen molar-refractivity contribution in [2.45, 2.75) is 24.8 Å². The predicted molar refractivity (Wildman–Crippen MR) is 114 cm³/mol. The van der Waals surface area contributed by atoms with Gasteiger partial charge in [-0.3, -0.25) is 0 Å². The van der Waals surface area contributed by atoms with E-state index in [1.807, 2.05) is 18.2 Å². The third kappa shape index (κ3) is 3.84. The van der Waals surface area contributed by atoms with Gasteiger partial charge in [-0.2, -0.15) is 0 Å². The molecule has 0 aliphatic heterocycles. The zero-order valence-corrected chi connectivity index (χ0v) is 17.2. The molecule has 29 heavy (non-hydrogen) atoms. The van der Waals surface area contributed by atoms with Gasteiger partial charge in [-0.15, -0.1) is 10.2 Å². The fourth-order valence-corrected chi connectivity index (χ4v) is 3.81. The van der Waals surface area contributed by atoms with Gasteiger partial charge in [0.1, 0.15) is 0 Å². The summed E-state index contributed by atoms with van der Waals surface area (Å²) in [6.07, 6.45) is 4.64. The molecule has 4 aromatic rings. The van der Waals surface area contributed by atoms with Gasteiger partial charge in [-0.1, -0.05) is 18.2 Å². The summed E-state index contributed by atoms with van der Waals surface area (Å²) in [5.41, 5.74) is 4.14. The summed E-state index contributed by atoms with van der Waals surface area (Å²) < 4.78 is 23.4. The Labute approximate surface area is 169 Å². The lowest BCUT2D eigenvalue weighted by molar-refractivity contribution is 0.602. The number of hydrogen-bond donors (Lipinski definition) is 2. The average Bonchev–Trinajstić information content (AvgIpc) is 3.21. The van der Waals surface area contributed by atoms with Gasteiger partial charge in [0.15, 0.2) is 21.4 Å². The predicted octanol–water partition coefficient (Wildman–Crippen LogP) is 3.91. The molecular formula is C21H21N5O2S. The van der Waals surface area contributed by atoms with Crippen LogP contribution in [0.25, 0.3) is 33.5 Å². The summed E-state index contributed by atoms with van der Waals surface area (Å²) in [7, 11) is -3.22. The molecule has 4 rings (SSSR count). The lowest BCUT2D eigenvalue weighted by Crippen LogP contribution is -2.12. The first kappa shape index (κ1) is 19.1. The molecule has 0 spiro atoms. The zero-order chi connectivity index (χ0) is 20.6. The number of H-pyrrole nitrogens is 1. The number of sulfone groups is 1. The standard InChI is InChI=1S/C21H21N5O2S/c1-13(2)24-19-17-9-6-15(14-4-7-16(8-5-14)29(3,27)28)12-18(17)25-26-20(19)21-22-10-11-23-21/h4-13H,1-3H3,(H,22,23)(H,24,25). The van der Waals surface area contributed by atoms with Crippen LogP contribution in [-0.2, 0) is 9.84 Å². The molecule has 0 saturated carbocycles. The summed E-state index contributed by atoms with van der Waals surface area (Å²) in [5.74, 6) is 0.656. The van der Waals surface area contributed by atoms with Crippen LogP contribution in [0.5, 0.6) is 0 Å². The Morgan fingerprint density at radius 3 is 2.34 bits per heavy atom. The summed E-state index contributed by atoms with van der Waals surface area (Å²) in [5, 5.41) is 13.2. The Morgan fingerprint density at radius 1 is 1.00 bits per heavy atom. The quantitative estimate of drug-likeness (QED) is 0.520. The molecule has 0 aliphatic rings. The molecule has 0 aliphatic carbocycles. The van der Waals surface area contributed by atoms with Gasteiger partial charge in [0.05, 0.1) is 16.1 Å². The Morgan fingerprint density at radius 2 is 1.72 bits per heavy atom. The van der Waals surface area contributed by atoms with Crippen molar-refractivity contribution in [3.63, 3.8) is 0 Å². The highest BCUT2D eigenvalue weighted by molar-refractivity contribution is 7.90. The Kier molecular flexibility index (Phi) is 4.79. The third-order valence-corrected chi connectivity index (χ3v) is 5.66. The van der Waals surface area contributed by atoms with Gasteiger partial charge in [0, 0.05) is 30.1 Å². The van der Waals surface area contributed by atoms with Gasteiger partial charge in [-0.25, -0.2) is 13.4 Å². The number of benzene rings is 2. The minimum Gasteiger partial charge on any atom is -0.380 e. The maximum Gasteiger partial charge on any atom is 0.175 e. The molecule has 0 radical (unpaired) electrons. The van der Waals surface area contributed by atoms with Crippen LogP contribution in [0.3, 0.4) is 0 Å². The lowest BCUT2D eigenvalue weighted by atomic mass is 10.0. The number of fused-ring (bicyclic) bond motifs is 1. The van der Waals surface area contributed by atoms with E-state index in [1.54, 1.807) is 36.7 Å². The van der Waals surface area contributed by atoms with Gasteiger partial charge in [0.2, 0.25) is 0 Å². The molecule has 0 unspecified atom stereocenters. The van der Waals surface area contributed by atoms with E-state index in [-0.39, 0.29) is 6.04 Å². The monoisotopic (exact) mass is 407 g/mol. The highest BCUT2D eigenvalue weighted by atomic mass is 32.2. The molecule has 0 fully saturated rings. The topological polar surface area (TPSA) is 101 Å². The van der Waals surface area contributed by atoms with Crippen molar-refractivity contribution in [1.29, 1.82) is 0 Å². The minimum absolute atomic E-state index is 0.208. The van der Waals surface area contributed by atoms with E-state index in [9.17, 15) is 8.42 Å². The Hall–Kier alpha value is -3.26. The van der Waals surface area contributed by atoms with E-state index in [4.69, 9.17) is 0 Å². The molecule has 2 aromatic carbocycles. The molecule has 8 heteroatoms. The summed E-state index contributed by atoms with van der Waals surface area (Å²) in [6.45, 7) is 4.13. The van der Waals surface area contributed by atoms with Crippen LogP contribution < -0.4 is 5.32 Å². The minimum atomic E-state index is -3.22. The van der Waals surface area contributed by atoms with Crippen molar-refractivity contribution >= 4 is 26.4 Å². The maximum atomic E-state index is 11.7. The number of aromatic amines is 1. The highest BCUT2D eigenvalue weighted by Crippen LogP contribution is 2.33. The third-order valence-electron chi connectivity index (χ3n) is 4.53. The molecule has 2 heterocycles. The highest BCUT2D eigenvalue weighted by Gasteiger charge is 2.16. The van der Waals surface area contributed by atoms with Crippen molar-refractivity contribution < 1.29 is 8.42 Å². The Bertz CT molecular complexity index is 1260. The van der Waals surface area contributed by atoms with Crippen LogP contribution >= 0.6 is 0 Å². The molecule has 0 atom stereocenters. The van der Waals surface area contributed by atoms with Crippen LogP contribution in [0.1, 0.15) is 13.8 Å². The molecule has 2 N–H and O–H groups in total. The molecular weight excluding hydrogens is 386 g/mol. The smallest absolute Gasteiger partial charge is 0.175 e. The van der Waals surface area contributed by atoms with Crippen LogP contribution in [0.2, 0.25) is 0 Å². The molecule has 0 saturated heterocycles. The summed E-state index contributed by atoms with van der Waals surface area (Å²) >= 11 is 0. The van der Waals surface area contributed by atoms with Crippen LogP contribution in [-0.4, -0.2) is 40.9 Å². The largest absolute Gasteiger partial charge is 0.380 e. The Balaban J connectivity index is 1.82. The second kappa shape index (κ2) is 7.29. The fraction of sp³-hybridized carbons (Fsp3) is 0.190. The first-order valence-electron chi connectivity index (χ1n) is 9.20. The van der Waals surface area contributed by atoms with Gasteiger partial charge in [-0.05, 0) is 49.2 Å². The number of imidazole rings is 1. The zero-order valence-electron chi connectivity index (χ0n) is 16.3. The number of nitrogens with one attached hydrogen (secondary N) is 2. The first-order valence-corrected chi connectivity index (χ1v) is 11.1. The number of hydrogen-bond acceptors (Lipinski definition) is 6. The van der Waals surface area contributed by atoms with Crippen molar-refractivity contribution in [2.24, 2.45) is 0 Å². The van der Waals surface area contributed by atoms with Gasteiger partial charge >= 0.3 is 0 Å². The molecule has 2 aromatic heterocycles. The van der Waals surface area contributed by atoms with E-state index < -0.39 is 9.84 Å². The molecule has 148 valence electrons. The van der Waals surface area contributed by atoms with E-state index in [2.05, 4.69) is 39.3 Å². The number of aromatic nitrogens is 4. The van der Waals surface area contributed by atoms with Crippen molar-refractivity contribution in [3.05, 3.63) is 54.9 Å². The van der Waals surface area contributed by atoms with Crippen LogP contribution in [0.15, 0.2) is 59.8 Å². The SMILES string of the molecule is CC(C)Nc1c(-c2ncc[nH]2)nnc2cc(-c3ccc(S(C)(=O)=O)cc3)ccc12.